The molecule has 228 valence electrons. The molecule has 0 spiro atoms. The van der Waals surface area contributed by atoms with Crippen LogP contribution < -0.4 is 0 Å². The van der Waals surface area contributed by atoms with Crippen LogP contribution in [-0.2, 0) is 23.7 Å². The standard InChI is InChI=1S/C23H48O10.C3H4O2/c1-18(2,30-7)23(14-29,19(3,4)31-8)20(5,6)33-17-22(12-27,13-28)16-32-15-21(9-24,10-25)11-26;1-2-3(4)5/h24-29H,9-17H2,1-8H3;2H,1H2,(H,4,5). The Hall–Kier alpha value is -1.19. The van der Waals surface area contributed by atoms with Crippen molar-refractivity contribution in [2.24, 2.45) is 16.2 Å². The first-order chi connectivity index (χ1) is 17.4. The quantitative estimate of drug-likeness (QED) is 0.104. The Morgan fingerprint density at radius 3 is 1.26 bits per heavy atom. The lowest BCUT2D eigenvalue weighted by Crippen LogP contribution is -2.71. The lowest BCUT2D eigenvalue weighted by Gasteiger charge is -2.60. The Bertz CT molecular complexity index is 657. The van der Waals surface area contributed by atoms with Crippen LogP contribution >= 0.6 is 0 Å². The van der Waals surface area contributed by atoms with Crippen LogP contribution in [0.3, 0.4) is 0 Å². The maximum absolute atomic E-state index is 10.7. The number of carbonyl (C=O) groups is 1. The number of carboxylic acid groups (broad SMARTS) is 1. The summed E-state index contributed by atoms with van der Waals surface area (Å²) in [6.45, 7) is 10.6. The molecule has 0 saturated carbocycles. The zero-order chi connectivity index (χ0) is 30.5. The van der Waals surface area contributed by atoms with Gasteiger partial charge in [0.2, 0.25) is 0 Å². The van der Waals surface area contributed by atoms with Gasteiger partial charge in [-0.05, 0) is 41.5 Å². The SMILES string of the molecule is C=CC(=O)O.COC(C)(C)C(CO)(C(C)(C)OC)C(C)(C)OCC(CO)(CO)COCC(CO)(CO)CO. The second-order valence-corrected chi connectivity index (χ2v) is 11.1. The smallest absolute Gasteiger partial charge is 0.327 e. The van der Waals surface area contributed by atoms with Crippen molar-refractivity contribution in [2.45, 2.75) is 58.3 Å². The molecule has 0 atom stereocenters. The van der Waals surface area contributed by atoms with E-state index in [2.05, 4.69) is 6.58 Å². The van der Waals surface area contributed by atoms with E-state index in [9.17, 15) is 35.4 Å². The first-order valence-corrected chi connectivity index (χ1v) is 12.2. The van der Waals surface area contributed by atoms with E-state index in [0.29, 0.717) is 0 Å². The zero-order valence-electron chi connectivity index (χ0n) is 24.3. The topological polar surface area (TPSA) is 196 Å². The Balaban J connectivity index is 0. The Morgan fingerprint density at radius 1 is 0.658 bits per heavy atom. The predicted octanol–water partition coefficient (Wildman–Crippen LogP) is -0.182. The fourth-order valence-electron chi connectivity index (χ4n) is 4.60. The van der Waals surface area contributed by atoms with Gasteiger partial charge in [-0.3, -0.25) is 0 Å². The van der Waals surface area contributed by atoms with E-state index in [0.717, 1.165) is 6.08 Å². The zero-order valence-corrected chi connectivity index (χ0v) is 24.3. The molecule has 0 fully saturated rings. The van der Waals surface area contributed by atoms with E-state index >= 15 is 0 Å². The summed E-state index contributed by atoms with van der Waals surface area (Å²) in [5, 5.41) is 66.9. The van der Waals surface area contributed by atoms with Gasteiger partial charge in [0.1, 0.15) is 0 Å². The van der Waals surface area contributed by atoms with Crippen LogP contribution in [0.5, 0.6) is 0 Å². The number of aliphatic carboxylic acids is 1. The van der Waals surface area contributed by atoms with Gasteiger partial charge in [-0.2, -0.15) is 0 Å². The first-order valence-electron chi connectivity index (χ1n) is 12.2. The molecule has 0 aromatic rings. The van der Waals surface area contributed by atoms with Crippen LogP contribution in [-0.4, -0.2) is 132 Å². The van der Waals surface area contributed by atoms with Crippen LogP contribution in [0.25, 0.3) is 0 Å². The largest absolute Gasteiger partial charge is 0.478 e. The van der Waals surface area contributed by atoms with Crippen molar-refractivity contribution >= 4 is 5.97 Å². The number of aliphatic hydroxyl groups is 6. The van der Waals surface area contributed by atoms with Gasteiger partial charge < -0.3 is 54.7 Å². The molecule has 0 aliphatic heterocycles. The molecule has 0 heterocycles. The lowest BCUT2D eigenvalue weighted by atomic mass is 9.55. The van der Waals surface area contributed by atoms with Crippen LogP contribution in [0.2, 0.25) is 0 Å². The highest BCUT2D eigenvalue weighted by atomic mass is 16.5. The van der Waals surface area contributed by atoms with E-state index in [1.807, 2.05) is 27.7 Å². The summed E-state index contributed by atoms with van der Waals surface area (Å²) >= 11 is 0. The third-order valence-electron chi connectivity index (χ3n) is 7.75. The van der Waals surface area contributed by atoms with Crippen molar-refractivity contribution in [3.8, 4) is 0 Å². The van der Waals surface area contributed by atoms with Gasteiger partial charge >= 0.3 is 5.97 Å². The van der Waals surface area contributed by atoms with Crippen LogP contribution in [0.4, 0.5) is 0 Å². The van der Waals surface area contributed by atoms with E-state index < -0.39 is 72.1 Å². The summed E-state index contributed by atoms with van der Waals surface area (Å²) in [5.41, 5.74) is -6.46. The van der Waals surface area contributed by atoms with E-state index in [1.165, 1.54) is 0 Å². The monoisotopic (exact) mass is 556 g/mol. The Kier molecular flexibility index (Phi) is 16.6. The highest BCUT2D eigenvalue weighted by Crippen LogP contribution is 2.54. The second-order valence-electron chi connectivity index (χ2n) is 11.1. The normalized spacial score (nSPS) is 13.6. The maximum Gasteiger partial charge on any atom is 0.327 e. The summed E-state index contributed by atoms with van der Waals surface area (Å²) in [6.07, 6.45) is 0.833. The van der Waals surface area contributed by atoms with E-state index in [4.69, 9.17) is 24.1 Å². The Morgan fingerprint density at radius 2 is 1.00 bits per heavy atom. The summed E-state index contributed by atoms with van der Waals surface area (Å²) in [6, 6.07) is 0. The highest BCUT2D eigenvalue weighted by Gasteiger charge is 2.65. The fraction of sp³-hybridized carbons (Fsp3) is 0.885. The average molecular weight is 557 g/mol. The lowest BCUT2D eigenvalue weighted by molar-refractivity contribution is -0.294. The van der Waals surface area contributed by atoms with Gasteiger partial charge in [0, 0.05) is 20.3 Å². The molecule has 0 radical (unpaired) electrons. The third kappa shape index (κ3) is 8.91. The van der Waals surface area contributed by atoms with Crippen LogP contribution in [0.15, 0.2) is 12.7 Å². The molecule has 0 rings (SSSR count). The van der Waals surface area contributed by atoms with E-state index in [1.54, 1.807) is 28.1 Å². The summed E-state index contributed by atoms with van der Waals surface area (Å²) < 4.78 is 23.5. The van der Waals surface area contributed by atoms with E-state index in [-0.39, 0.29) is 26.4 Å². The number of rotatable bonds is 19. The second kappa shape index (κ2) is 16.2. The minimum Gasteiger partial charge on any atom is -0.478 e. The Labute approximate surface area is 226 Å². The van der Waals surface area contributed by atoms with Crippen molar-refractivity contribution in [3.05, 3.63) is 12.7 Å². The van der Waals surface area contributed by atoms with Crippen molar-refractivity contribution in [1.82, 2.24) is 0 Å². The molecule has 0 aliphatic carbocycles. The fourth-order valence-corrected chi connectivity index (χ4v) is 4.60. The molecule has 0 unspecified atom stereocenters. The summed E-state index contributed by atoms with van der Waals surface area (Å²) in [5.74, 6) is -0.981. The maximum atomic E-state index is 10.7. The molecule has 0 bridgehead atoms. The molecule has 0 amide bonds. The molecule has 0 saturated heterocycles. The van der Waals surface area contributed by atoms with Crippen LogP contribution in [0.1, 0.15) is 41.5 Å². The number of ether oxygens (including phenoxy) is 4. The molecule has 0 aliphatic rings. The number of hydrogen-bond donors (Lipinski definition) is 7. The first kappa shape index (κ1) is 39.0. The van der Waals surface area contributed by atoms with Crippen LogP contribution in [0, 0.1) is 16.2 Å². The number of methoxy groups -OCH3 is 2. The number of aliphatic hydroxyl groups excluding tert-OH is 6. The molecule has 12 heteroatoms. The van der Waals surface area contributed by atoms with Gasteiger partial charge in [-0.15, -0.1) is 0 Å². The van der Waals surface area contributed by atoms with Gasteiger partial charge in [-0.25, -0.2) is 4.79 Å². The minimum absolute atomic E-state index is 0.140. The number of hydrogen-bond acceptors (Lipinski definition) is 11. The average Bonchev–Trinajstić information content (AvgIpc) is 2.89. The van der Waals surface area contributed by atoms with Gasteiger partial charge in [0.15, 0.2) is 0 Å². The molecule has 12 nitrogen and oxygen atoms in total. The molecule has 38 heavy (non-hydrogen) atoms. The van der Waals surface area contributed by atoms with Crippen molar-refractivity contribution in [3.63, 3.8) is 0 Å². The molecule has 0 aromatic carbocycles. The van der Waals surface area contributed by atoms with Crippen molar-refractivity contribution in [2.75, 3.05) is 73.7 Å². The van der Waals surface area contributed by atoms with Gasteiger partial charge in [0.05, 0.1) is 92.5 Å². The third-order valence-corrected chi connectivity index (χ3v) is 7.75. The predicted molar refractivity (Wildman–Crippen MR) is 141 cm³/mol. The minimum atomic E-state index is -1.24. The summed E-state index contributed by atoms with van der Waals surface area (Å²) in [7, 11) is 3.09. The molecular formula is C26H52O12. The molecule has 7 N–H and O–H groups in total. The number of carboxylic acids is 1. The van der Waals surface area contributed by atoms with Crippen molar-refractivity contribution < 1.29 is 59.5 Å². The van der Waals surface area contributed by atoms with Gasteiger partial charge in [-0.1, -0.05) is 6.58 Å². The molecule has 0 aromatic heterocycles. The summed E-state index contributed by atoms with van der Waals surface area (Å²) in [4.78, 5) is 9.25. The van der Waals surface area contributed by atoms with Gasteiger partial charge in [0.25, 0.3) is 0 Å². The van der Waals surface area contributed by atoms with Crippen molar-refractivity contribution in [1.29, 1.82) is 0 Å². The highest BCUT2D eigenvalue weighted by molar-refractivity contribution is 5.78. The molecular weight excluding hydrogens is 504 g/mol.